The summed E-state index contributed by atoms with van der Waals surface area (Å²) in [6.07, 6.45) is 2.89. The highest BCUT2D eigenvalue weighted by Crippen LogP contribution is 2.27. The highest BCUT2D eigenvalue weighted by molar-refractivity contribution is 5.55. The van der Waals surface area contributed by atoms with Crippen LogP contribution in [0, 0.1) is 5.82 Å². The van der Waals surface area contributed by atoms with E-state index in [2.05, 4.69) is 4.90 Å². The Labute approximate surface area is 114 Å². The third-order valence-corrected chi connectivity index (χ3v) is 3.74. The van der Waals surface area contributed by atoms with Crippen LogP contribution in [0.5, 0.6) is 0 Å². The Kier molecular flexibility index (Phi) is 4.77. The lowest BCUT2D eigenvalue weighted by atomic mass is 10.0. The summed E-state index contributed by atoms with van der Waals surface area (Å²) in [7, 11) is 1.75. The summed E-state index contributed by atoms with van der Waals surface area (Å²) < 4.78 is 19.4. The van der Waals surface area contributed by atoms with Gasteiger partial charge < -0.3 is 15.4 Å². The number of nitrogens with zero attached hydrogens (tertiary/aromatic N) is 1. The van der Waals surface area contributed by atoms with Crippen molar-refractivity contribution in [3.63, 3.8) is 0 Å². The van der Waals surface area contributed by atoms with Gasteiger partial charge in [-0.1, -0.05) is 6.07 Å². The zero-order chi connectivity index (χ0) is 13.8. The maximum atomic E-state index is 14.0. The van der Waals surface area contributed by atoms with E-state index in [4.69, 9.17) is 10.5 Å². The first-order valence-electron chi connectivity index (χ1n) is 6.92. The van der Waals surface area contributed by atoms with Gasteiger partial charge in [-0.2, -0.15) is 0 Å². The highest BCUT2D eigenvalue weighted by atomic mass is 19.1. The minimum absolute atomic E-state index is 0.0350. The zero-order valence-corrected chi connectivity index (χ0v) is 11.7. The lowest BCUT2D eigenvalue weighted by Crippen LogP contribution is -2.37. The van der Waals surface area contributed by atoms with Gasteiger partial charge in [0.1, 0.15) is 5.82 Å². The molecule has 1 fully saturated rings. The van der Waals surface area contributed by atoms with Crippen molar-refractivity contribution in [2.45, 2.75) is 38.3 Å². The molecule has 1 unspecified atom stereocenters. The Morgan fingerprint density at radius 3 is 2.68 bits per heavy atom. The van der Waals surface area contributed by atoms with Gasteiger partial charge in [-0.3, -0.25) is 0 Å². The van der Waals surface area contributed by atoms with E-state index in [0.29, 0.717) is 12.5 Å². The van der Waals surface area contributed by atoms with Gasteiger partial charge in [-0.25, -0.2) is 4.39 Å². The van der Waals surface area contributed by atoms with Gasteiger partial charge in [-0.15, -0.1) is 0 Å². The molecule has 4 heteroatoms. The minimum atomic E-state index is -0.149. The standard InChI is InChI=1S/C15H23FN2O/c1-11(17)10-13-14(16)4-3-5-15(13)18-8-6-12(19-2)7-9-18/h3-5,11-12H,6-10,17H2,1-2H3. The number of halogens is 1. The maximum absolute atomic E-state index is 14.0. The number of hydrogen-bond acceptors (Lipinski definition) is 3. The number of piperidine rings is 1. The number of ether oxygens (including phenoxy) is 1. The molecule has 0 spiro atoms. The van der Waals surface area contributed by atoms with Crippen molar-refractivity contribution in [1.82, 2.24) is 0 Å². The van der Waals surface area contributed by atoms with Crippen molar-refractivity contribution < 1.29 is 9.13 Å². The molecule has 1 atom stereocenters. The Morgan fingerprint density at radius 2 is 2.11 bits per heavy atom. The Hall–Kier alpha value is -1.13. The van der Waals surface area contributed by atoms with Gasteiger partial charge in [0.05, 0.1) is 6.10 Å². The molecule has 2 rings (SSSR count). The van der Waals surface area contributed by atoms with Crippen molar-refractivity contribution in [3.8, 4) is 0 Å². The Morgan fingerprint density at radius 1 is 1.42 bits per heavy atom. The monoisotopic (exact) mass is 266 g/mol. The first kappa shape index (κ1) is 14.3. The van der Waals surface area contributed by atoms with Crippen molar-refractivity contribution in [2.75, 3.05) is 25.1 Å². The van der Waals surface area contributed by atoms with Crippen LogP contribution in [-0.4, -0.2) is 32.3 Å². The fraction of sp³-hybridized carbons (Fsp3) is 0.600. The molecule has 0 aliphatic carbocycles. The predicted octanol–water partition coefficient (Wildman–Crippen LogP) is 2.33. The maximum Gasteiger partial charge on any atom is 0.128 e. The van der Waals surface area contributed by atoms with E-state index in [-0.39, 0.29) is 11.9 Å². The second-order valence-corrected chi connectivity index (χ2v) is 5.34. The van der Waals surface area contributed by atoms with Crippen LogP contribution < -0.4 is 10.6 Å². The molecule has 2 N–H and O–H groups in total. The van der Waals surface area contributed by atoms with Crippen molar-refractivity contribution in [3.05, 3.63) is 29.6 Å². The van der Waals surface area contributed by atoms with Crippen LogP contribution in [0.3, 0.4) is 0 Å². The van der Waals surface area contributed by atoms with Crippen LogP contribution in [0.1, 0.15) is 25.3 Å². The first-order chi connectivity index (χ1) is 9.11. The molecular weight excluding hydrogens is 243 g/mol. The zero-order valence-electron chi connectivity index (χ0n) is 11.7. The number of anilines is 1. The van der Waals surface area contributed by atoms with E-state index in [1.54, 1.807) is 13.2 Å². The number of nitrogens with two attached hydrogens (primary N) is 1. The summed E-state index contributed by atoms with van der Waals surface area (Å²) in [5.74, 6) is -0.149. The van der Waals surface area contributed by atoms with Gasteiger partial charge >= 0.3 is 0 Å². The molecule has 19 heavy (non-hydrogen) atoms. The van der Waals surface area contributed by atoms with E-state index in [0.717, 1.165) is 37.2 Å². The third kappa shape index (κ3) is 3.45. The second-order valence-electron chi connectivity index (χ2n) is 5.34. The lowest BCUT2D eigenvalue weighted by molar-refractivity contribution is 0.0819. The van der Waals surface area contributed by atoms with E-state index >= 15 is 0 Å². The Bertz CT molecular complexity index is 415. The van der Waals surface area contributed by atoms with Crippen LogP contribution in [0.15, 0.2) is 18.2 Å². The van der Waals surface area contributed by atoms with E-state index in [1.807, 2.05) is 13.0 Å². The van der Waals surface area contributed by atoms with Crippen molar-refractivity contribution >= 4 is 5.69 Å². The molecule has 1 aromatic carbocycles. The van der Waals surface area contributed by atoms with Gasteiger partial charge in [0, 0.05) is 37.5 Å². The second kappa shape index (κ2) is 6.35. The molecule has 1 aromatic rings. The average Bonchev–Trinajstić information content (AvgIpc) is 2.41. The number of benzene rings is 1. The van der Waals surface area contributed by atoms with Gasteiger partial charge in [-0.05, 0) is 38.3 Å². The van der Waals surface area contributed by atoms with Crippen molar-refractivity contribution in [2.24, 2.45) is 5.73 Å². The topological polar surface area (TPSA) is 38.5 Å². The molecule has 1 saturated heterocycles. The smallest absolute Gasteiger partial charge is 0.128 e. The summed E-state index contributed by atoms with van der Waals surface area (Å²) in [6, 6.07) is 5.25. The van der Waals surface area contributed by atoms with Crippen molar-refractivity contribution in [1.29, 1.82) is 0 Å². The number of methoxy groups -OCH3 is 1. The molecule has 3 nitrogen and oxygen atoms in total. The molecule has 0 radical (unpaired) electrons. The molecule has 1 aliphatic rings. The molecule has 0 amide bonds. The highest BCUT2D eigenvalue weighted by Gasteiger charge is 2.22. The SMILES string of the molecule is COC1CCN(c2cccc(F)c2CC(C)N)CC1. The summed E-state index contributed by atoms with van der Waals surface area (Å²) in [4.78, 5) is 2.25. The van der Waals surface area contributed by atoms with Crippen LogP contribution >= 0.6 is 0 Å². The molecule has 106 valence electrons. The molecule has 0 saturated carbocycles. The molecule has 1 heterocycles. The largest absolute Gasteiger partial charge is 0.381 e. The predicted molar refractivity (Wildman–Crippen MR) is 76.0 cm³/mol. The molecule has 1 aliphatic heterocycles. The first-order valence-corrected chi connectivity index (χ1v) is 6.92. The van der Waals surface area contributed by atoms with Crippen LogP contribution in [0.2, 0.25) is 0 Å². The fourth-order valence-corrected chi connectivity index (χ4v) is 2.70. The van der Waals surface area contributed by atoms with Gasteiger partial charge in [0.25, 0.3) is 0 Å². The average molecular weight is 266 g/mol. The van der Waals surface area contributed by atoms with Gasteiger partial charge in [0.15, 0.2) is 0 Å². The summed E-state index contributed by atoms with van der Waals surface area (Å²) in [5, 5.41) is 0. The van der Waals surface area contributed by atoms with Crippen LogP contribution in [-0.2, 0) is 11.2 Å². The molecule has 0 aromatic heterocycles. The number of rotatable bonds is 4. The summed E-state index contributed by atoms with van der Waals surface area (Å²) >= 11 is 0. The lowest BCUT2D eigenvalue weighted by Gasteiger charge is -2.34. The summed E-state index contributed by atoms with van der Waals surface area (Å²) in [5.41, 5.74) is 7.57. The van der Waals surface area contributed by atoms with E-state index in [9.17, 15) is 4.39 Å². The minimum Gasteiger partial charge on any atom is -0.381 e. The Balaban J connectivity index is 2.17. The fourth-order valence-electron chi connectivity index (χ4n) is 2.70. The molecular formula is C15H23FN2O. The third-order valence-electron chi connectivity index (χ3n) is 3.74. The normalized spacial score (nSPS) is 18.6. The van der Waals surface area contributed by atoms with Crippen LogP contribution in [0.25, 0.3) is 0 Å². The van der Waals surface area contributed by atoms with E-state index < -0.39 is 0 Å². The van der Waals surface area contributed by atoms with E-state index in [1.165, 1.54) is 6.07 Å². The molecule has 0 bridgehead atoms. The van der Waals surface area contributed by atoms with Gasteiger partial charge in [0.2, 0.25) is 0 Å². The quantitative estimate of drug-likeness (QED) is 0.909. The van der Waals surface area contributed by atoms with Crippen LogP contribution in [0.4, 0.5) is 10.1 Å². The number of hydrogen-bond donors (Lipinski definition) is 1. The summed E-state index contributed by atoms with van der Waals surface area (Å²) in [6.45, 7) is 3.73.